The molecule has 0 amide bonds. The number of ether oxygens (including phenoxy) is 4. The number of hydrogen-bond acceptors (Lipinski definition) is 5. The van der Waals surface area contributed by atoms with Crippen LogP contribution in [0.25, 0.3) is 0 Å². The van der Waals surface area contributed by atoms with Gasteiger partial charge in [-0.15, -0.1) is 0 Å². The normalized spacial score (nSPS) is 34.1. The average molecular weight is 281 g/mol. The summed E-state index contributed by atoms with van der Waals surface area (Å²) in [4.78, 5) is 0. The molecular weight excluding hydrogens is 258 g/mol. The molecule has 0 aromatic heterocycles. The predicted molar refractivity (Wildman–Crippen MR) is 75.1 cm³/mol. The van der Waals surface area contributed by atoms with Gasteiger partial charge in [-0.3, -0.25) is 0 Å². The van der Waals surface area contributed by atoms with E-state index in [1.165, 1.54) is 0 Å². The number of nitrogens with two attached hydrogens (primary N) is 1. The van der Waals surface area contributed by atoms with E-state index in [-0.39, 0.29) is 24.4 Å². The second-order valence-corrected chi connectivity index (χ2v) is 4.98. The number of rotatable bonds is 5. The van der Waals surface area contributed by atoms with Crippen molar-refractivity contribution in [3.05, 3.63) is 35.9 Å². The van der Waals surface area contributed by atoms with E-state index in [1.807, 2.05) is 37.3 Å². The second-order valence-electron chi connectivity index (χ2n) is 4.98. The summed E-state index contributed by atoms with van der Waals surface area (Å²) in [7, 11) is 3.22. The molecule has 0 aliphatic carbocycles. The first-order valence-corrected chi connectivity index (χ1v) is 6.79. The summed E-state index contributed by atoms with van der Waals surface area (Å²) in [5, 5.41) is 0. The molecule has 5 unspecified atom stereocenters. The van der Waals surface area contributed by atoms with Crippen LogP contribution in [-0.2, 0) is 25.6 Å². The fourth-order valence-electron chi connectivity index (χ4n) is 2.53. The number of methoxy groups -OCH3 is 2. The van der Waals surface area contributed by atoms with Crippen molar-refractivity contribution in [1.29, 1.82) is 0 Å². The third kappa shape index (κ3) is 3.37. The minimum Gasteiger partial charge on any atom is -0.376 e. The molecular formula is C15H23NO4. The lowest BCUT2D eigenvalue weighted by molar-refractivity contribution is -0.261. The molecule has 1 aromatic rings. The molecule has 1 aromatic carbocycles. The Morgan fingerprint density at radius 2 is 1.80 bits per heavy atom. The number of benzene rings is 1. The molecule has 0 radical (unpaired) electrons. The van der Waals surface area contributed by atoms with Gasteiger partial charge in [0.15, 0.2) is 6.29 Å². The molecule has 5 nitrogen and oxygen atoms in total. The lowest BCUT2D eigenvalue weighted by Gasteiger charge is -2.43. The molecule has 1 fully saturated rings. The van der Waals surface area contributed by atoms with E-state index in [2.05, 4.69) is 0 Å². The van der Waals surface area contributed by atoms with Crippen molar-refractivity contribution in [3.63, 3.8) is 0 Å². The molecule has 1 saturated heterocycles. The molecule has 112 valence electrons. The van der Waals surface area contributed by atoms with E-state index < -0.39 is 6.29 Å². The van der Waals surface area contributed by atoms with Crippen molar-refractivity contribution < 1.29 is 18.9 Å². The molecule has 5 heteroatoms. The standard InChI is InChI=1S/C15H23NO4/c1-10-13(17-2)14(12(16)15(18-3)20-10)19-9-11-7-5-4-6-8-11/h4-8,10,12-15H,9,16H2,1-3H3. The first kappa shape index (κ1) is 15.4. The summed E-state index contributed by atoms with van der Waals surface area (Å²) in [5.41, 5.74) is 7.27. The molecule has 0 saturated carbocycles. The monoisotopic (exact) mass is 281 g/mol. The molecule has 2 rings (SSSR count). The van der Waals surface area contributed by atoms with Gasteiger partial charge in [0, 0.05) is 14.2 Å². The molecule has 1 aliphatic rings. The smallest absolute Gasteiger partial charge is 0.175 e. The first-order valence-electron chi connectivity index (χ1n) is 6.79. The Hall–Kier alpha value is -0.980. The summed E-state index contributed by atoms with van der Waals surface area (Å²) in [6, 6.07) is 9.59. The topological polar surface area (TPSA) is 62.9 Å². The maximum atomic E-state index is 6.17. The highest BCUT2D eigenvalue weighted by atomic mass is 16.7. The van der Waals surface area contributed by atoms with Gasteiger partial charge in [-0.2, -0.15) is 0 Å². The van der Waals surface area contributed by atoms with Crippen LogP contribution >= 0.6 is 0 Å². The van der Waals surface area contributed by atoms with Crippen molar-refractivity contribution in [2.45, 2.75) is 44.2 Å². The molecule has 1 aliphatic heterocycles. The van der Waals surface area contributed by atoms with Gasteiger partial charge < -0.3 is 24.7 Å². The Labute approximate surface area is 120 Å². The van der Waals surface area contributed by atoms with Gasteiger partial charge in [-0.05, 0) is 12.5 Å². The predicted octanol–water partition coefficient (Wildman–Crippen LogP) is 1.31. The molecule has 1 heterocycles. The lowest BCUT2D eigenvalue weighted by atomic mass is 9.97. The maximum Gasteiger partial charge on any atom is 0.175 e. The SMILES string of the molecule is COC1OC(C)C(OC)C(OCc2ccccc2)C1N. The van der Waals surface area contributed by atoms with Gasteiger partial charge in [0.1, 0.15) is 12.2 Å². The van der Waals surface area contributed by atoms with E-state index in [4.69, 9.17) is 24.7 Å². The third-order valence-electron chi connectivity index (χ3n) is 3.62. The Morgan fingerprint density at radius 3 is 2.40 bits per heavy atom. The van der Waals surface area contributed by atoms with Crippen molar-refractivity contribution >= 4 is 0 Å². The van der Waals surface area contributed by atoms with E-state index in [0.717, 1.165) is 5.56 Å². The molecule has 0 bridgehead atoms. The molecule has 2 N–H and O–H groups in total. The van der Waals surface area contributed by atoms with Crippen LogP contribution < -0.4 is 5.73 Å². The average Bonchev–Trinajstić information content (AvgIpc) is 2.48. The van der Waals surface area contributed by atoms with Gasteiger partial charge in [-0.1, -0.05) is 30.3 Å². The Bertz CT molecular complexity index is 400. The highest BCUT2D eigenvalue weighted by Crippen LogP contribution is 2.25. The van der Waals surface area contributed by atoms with Crippen molar-refractivity contribution in [1.82, 2.24) is 0 Å². The van der Waals surface area contributed by atoms with Gasteiger partial charge >= 0.3 is 0 Å². The fraction of sp³-hybridized carbons (Fsp3) is 0.600. The van der Waals surface area contributed by atoms with Crippen molar-refractivity contribution in [3.8, 4) is 0 Å². The number of hydrogen-bond donors (Lipinski definition) is 1. The first-order chi connectivity index (χ1) is 9.67. The Balaban J connectivity index is 2.04. The van der Waals surface area contributed by atoms with Gasteiger partial charge in [0.2, 0.25) is 0 Å². The fourth-order valence-corrected chi connectivity index (χ4v) is 2.53. The zero-order valence-electron chi connectivity index (χ0n) is 12.2. The highest BCUT2D eigenvalue weighted by molar-refractivity contribution is 5.13. The van der Waals surface area contributed by atoms with Crippen LogP contribution in [0.1, 0.15) is 12.5 Å². The minimum absolute atomic E-state index is 0.134. The minimum atomic E-state index is -0.475. The summed E-state index contributed by atoms with van der Waals surface area (Å²) < 4.78 is 22.4. The van der Waals surface area contributed by atoms with E-state index in [9.17, 15) is 0 Å². The van der Waals surface area contributed by atoms with Crippen LogP contribution in [0.4, 0.5) is 0 Å². The zero-order valence-corrected chi connectivity index (χ0v) is 12.2. The summed E-state index contributed by atoms with van der Waals surface area (Å²) in [6.45, 7) is 2.42. The Morgan fingerprint density at radius 1 is 1.10 bits per heavy atom. The molecule has 5 atom stereocenters. The van der Waals surface area contributed by atoms with Crippen LogP contribution in [-0.4, -0.2) is 44.9 Å². The zero-order chi connectivity index (χ0) is 14.5. The second kappa shape index (κ2) is 7.15. The largest absolute Gasteiger partial charge is 0.376 e. The summed E-state index contributed by atoms with van der Waals surface area (Å²) in [5.74, 6) is 0. The van der Waals surface area contributed by atoms with E-state index >= 15 is 0 Å². The van der Waals surface area contributed by atoms with E-state index in [1.54, 1.807) is 14.2 Å². The van der Waals surface area contributed by atoms with Crippen LogP contribution in [0.2, 0.25) is 0 Å². The van der Waals surface area contributed by atoms with E-state index in [0.29, 0.717) is 6.61 Å². The van der Waals surface area contributed by atoms with Crippen LogP contribution in [0.3, 0.4) is 0 Å². The summed E-state index contributed by atoms with van der Waals surface area (Å²) >= 11 is 0. The van der Waals surface area contributed by atoms with Gasteiger partial charge in [0.05, 0.1) is 18.8 Å². The summed E-state index contributed by atoms with van der Waals surface area (Å²) in [6.07, 6.45) is -1.09. The lowest BCUT2D eigenvalue weighted by Crippen LogP contribution is -2.62. The van der Waals surface area contributed by atoms with Crippen molar-refractivity contribution in [2.24, 2.45) is 5.73 Å². The van der Waals surface area contributed by atoms with Crippen LogP contribution in [0.15, 0.2) is 30.3 Å². The van der Waals surface area contributed by atoms with Gasteiger partial charge in [-0.25, -0.2) is 0 Å². The third-order valence-corrected chi connectivity index (χ3v) is 3.62. The van der Waals surface area contributed by atoms with Gasteiger partial charge in [0.25, 0.3) is 0 Å². The Kier molecular flexibility index (Phi) is 5.51. The van der Waals surface area contributed by atoms with Crippen molar-refractivity contribution in [2.75, 3.05) is 14.2 Å². The molecule has 20 heavy (non-hydrogen) atoms. The maximum absolute atomic E-state index is 6.17. The van der Waals surface area contributed by atoms with Crippen LogP contribution in [0.5, 0.6) is 0 Å². The van der Waals surface area contributed by atoms with Crippen LogP contribution in [0, 0.1) is 0 Å². The quantitative estimate of drug-likeness (QED) is 0.881. The highest BCUT2D eigenvalue weighted by Gasteiger charge is 2.43. The molecule has 0 spiro atoms.